The Hall–Kier alpha value is -3.25. The zero-order chi connectivity index (χ0) is 21.6. The zero-order valence-electron chi connectivity index (χ0n) is 17.1. The maximum Gasteiger partial charge on any atom is 0.252 e. The van der Waals surface area contributed by atoms with Crippen LogP contribution in [0.3, 0.4) is 0 Å². The summed E-state index contributed by atoms with van der Waals surface area (Å²) < 4.78 is 5.88. The molecule has 3 aromatic rings. The van der Waals surface area contributed by atoms with E-state index in [1.165, 1.54) is 11.9 Å². The number of pyridine rings is 1. The molecule has 0 aliphatic carbocycles. The maximum absolute atomic E-state index is 11.6. The molecule has 0 bridgehead atoms. The molecule has 0 unspecified atom stereocenters. The van der Waals surface area contributed by atoms with Crippen LogP contribution < -0.4 is 20.7 Å². The summed E-state index contributed by atoms with van der Waals surface area (Å²) in [4.78, 5) is 18.0. The van der Waals surface area contributed by atoms with Crippen molar-refractivity contribution in [2.24, 2.45) is 5.73 Å². The normalized spacial score (nSPS) is 14.3. The fourth-order valence-corrected chi connectivity index (χ4v) is 3.90. The van der Waals surface area contributed by atoms with E-state index in [2.05, 4.69) is 39.5 Å². The number of anilines is 2. The summed E-state index contributed by atoms with van der Waals surface area (Å²) in [5.41, 5.74) is 8.78. The summed E-state index contributed by atoms with van der Waals surface area (Å²) in [6.07, 6.45) is 3.29. The molecule has 1 aromatic heterocycles. The molecule has 31 heavy (non-hydrogen) atoms. The number of nitrogens with two attached hydrogens (primary N) is 1. The molecule has 0 atom stereocenters. The number of primary amides is 1. The molecule has 0 radical (unpaired) electrons. The molecule has 1 aliphatic rings. The highest BCUT2D eigenvalue weighted by molar-refractivity contribution is 6.29. The highest BCUT2D eigenvalue weighted by Gasteiger charge is 2.21. The number of piperidine rings is 1. The lowest BCUT2D eigenvalue weighted by molar-refractivity contribution is 0.100. The number of benzene rings is 2. The maximum atomic E-state index is 11.6. The number of carbonyl (C=O) groups is 1. The second kappa shape index (κ2) is 9.71. The van der Waals surface area contributed by atoms with Gasteiger partial charge in [-0.15, -0.1) is 0 Å². The van der Waals surface area contributed by atoms with Gasteiger partial charge in [-0.2, -0.15) is 0 Å². The van der Waals surface area contributed by atoms with Crippen molar-refractivity contribution in [3.63, 3.8) is 0 Å². The number of nitrogens with one attached hydrogen (secondary N) is 1. The summed E-state index contributed by atoms with van der Waals surface area (Å²) in [5.74, 6) is 0.344. The molecular formula is C24H25ClN4O2. The van der Waals surface area contributed by atoms with Gasteiger partial charge in [0.15, 0.2) is 0 Å². The Morgan fingerprint density at radius 1 is 1.13 bits per heavy atom. The Kier molecular flexibility index (Phi) is 6.57. The first-order chi connectivity index (χ1) is 15.1. The first kappa shape index (κ1) is 21.0. The van der Waals surface area contributed by atoms with E-state index in [0.29, 0.717) is 23.0 Å². The van der Waals surface area contributed by atoms with E-state index >= 15 is 0 Å². The summed E-state index contributed by atoms with van der Waals surface area (Å²) in [7, 11) is 0. The van der Waals surface area contributed by atoms with Crippen molar-refractivity contribution in [2.75, 3.05) is 23.3 Å². The predicted octanol–water partition coefficient (Wildman–Crippen LogP) is 4.49. The van der Waals surface area contributed by atoms with Gasteiger partial charge in [0.1, 0.15) is 17.5 Å². The van der Waals surface area contributed by atoms with Crippen LogP contribution in [0.1, 0.15) is 28.8 Å². The van der Waals surface area contributed by atoms with Gasteiger partial charge in [-0.1, -0.05) is 41.9 Å². The SMILES string of the molecule is NC(=O)c1cnc(Cl)cc1NC1CCN(c2ccc(OCc3ccccc3)cc2)CC1. The number of aromatic nitrogens is 1. The van der Waals surface area contributed by atoms with Crippen LogP contribution in [0.25, 0.3) is 0 Å². The first-order valence-electron chi connectivity index (χ1n) is 10.3. The minimum atomic E-state index is -0.515. The van der Waals surface area contributed by atoms with Gasteiger partial charge in [-0.05, 0) is 48.7 Å². The molecule has 6 nitrogen and oxygen atoms in total. The van der Waals surface area contributed by atoms with E-state index in [4.69, 9.17) is 22.1 Å². The van der Waals surface area contributed by atoms with E-state index in [0.717, 1.165) is 37.2 Å². The number of hydrogen-bond acceptors (Lipinski definition) is 5. The standard InChI is InChI=1S/C24H25ClN4O2/c25-23-14-22(21(15-27-23)24(26)30)28-18-10-12-29(13-11-18)19-6-8-20(9-7-19)31-16-17-4-2-1-3-5-17/h1-9,14-15,18H,10-13,16H2,(H2,26,30)(H,27,28). The minimum absolute atomic E-state index is 0.237. The molecule has 4 rings (SSSR count). The number of halogens is 1. The molecule has 3 N–H and O–H groups in total. The highest BCUT2D eigenvalue weighted by Crippen LogP contribution is 2.26. The molecule has 1 amide bonds. The lowest BCUT2D eigenvalue weighted by atomic mass is 10.0. The second-order valence-corrected chi connectivity index (χ2v) is 7.98. The Labute approximate surface area is 187 Å². The van der Waals surface area contributed by atoms with Crippen LogP contribution in [0.15, 0.2) is 66.9 Å². The zero-order valence-corrected chi connectivity index (χ0v) is 17.9. The van der Waals surface area contributed by atoms with Crippen LogP contribution in [-0.4, -0.2) is 30.0 Å². The largest absolute Gasteiger partial charge is 0.489 e. The van der Waals surface area contributed by atoms with Crippen molar-refractivity contribution < 1.29 is 9.53 Å². The van der Waals surface area contributed by atoms with Crippen LogP contribution in [0.4, 0.5) is 11.4 Å². The monoisotopic (exact) mass is 436 g/mol. The molecule has 2 aromatic carbocycles. The van der Waals surface area contributed by atoms with Crippen LogP contribution in [0.2, 0.25) is 5.15 Å². The van der Waals surface area contributed by atoms with Crippen molar-refractivity contribution in [3.05, 3.63) is 83.1 Å². The molecule has 1 aliphatic heterocycles. The predicted molar refractivity (Wildman–Crippen MR) is 124 cm³/mol. The van der Waals surface area contributed by atoms with Gasteiger partial charge < -0.3 is 20.7 Å². The van der Waals surface area contributed by atoms with Crippen molar-refractivity contribution in [1.29, 1.82) is 0 Å². The molecule has 1 fully saturated rings. The number of ether oxygens (including phenoxy) is 1. The second-order valence-electron chi connectivity index (χ2n) is 7.59. The lowest BCUT2D eigenvalue weighted by Crippen LogP contribution is -2.39. The average molecular weight is 437 g/mol. The van der Waals surface area contributed by atoms with Crippen molar-refractivity contribution in [1.82, 2.24) is 4.98 Å². The molecular weight excluding hydrogens is 412 g/mol. The smallest absolute Gasteiger partial charge is 0.252 e. The molecule has 2 heterocycles. The number of rotatable bonds is 7. The summed E-state index contributed by atoms with van der Waals surface area (Å²) in [5, 5.41) is 3.75. The van der Waals surface area contributed by atoms with Crippen LogP contribution in [0.5, 0.6) is 5.75 Å². The summed E-state index contributed by atoms with van der Waals surface area (Å²) in [6, 6.07) is 20.3. The molecule has 160 valence electrons. The molecule has 0 saturated carbocycles. The third-order valence-electron chi connectivity index (χ3n) is 5.44. The van der Waals surface area contributed by atoms with Gasteiger partial charge in [-0.25, -0.2) is 4.98 Å². The van der Waals surface area contributed by atoms with Crippen molar-refractivity contribution >= 4 is 28.9 Å². The first-order valence-corrected chi connectivity index (χ1v) is 10.7. The Morgan fingerprint density at radius 3 is 2.52 bits per heavy atom. The van der Waals surface area contributed by atoms with Gasteiger partial charge in [0.05, 0.1) is 11.3 Å². The Morgan fingerprint density at radius 2 is 1.84 bits per heavy atom. The molecule has 7 heteroatoms. The van der Waals surface area contributed by atoms with Crippen molar-refractivity contribution in [2.45, 2.75) is 25.5 Å². The van der Waals surface area contributed by atoms with Gasteiger partial charge in [0.25, 0.3) is 5.91 Å². The number of nitrogens with zero attached hydrogens (tertiary/aromatic N) is 2. The van der Waals surface area contributed by atoms with E-state index in [9.17, 15) is 4.79 Å². The summed E-state index contributed by atoms with van der Waals surface area (Å²) in [6.45, 7) is 2.38. The highest BCUT2D eigenvalue weighted by atomic mass is 35.5. The third kappa shape index (κ3) is 5.47. The minimum Gasteiger partial charge on any atom is -0.489 e. The van der Waals surface area contributed by atoms with Gasteiger partial charge in [-0.3, -0.25) is 4.79 Å². The average Bonchev–Trinajstić information content (AvgIpc) is 2.79. The van der Waals surface area contributed by atoms with E-state index in [-0.39, 0.29) is 6.04 Å². The topological polar surface area (TPSA) is 80.5 Å². The number of amides is 1. The van der Waals surface area contributed by atoms with Crippen LogP contribution in [0, 0.1) is 0 Å². The van der Waals surface area contributed by atoms with Gasteiger partial charge in [0.2, 0.25) is 0 Å². The fraction of sp³-hybridized carbons (Fsp3) is 0.250. The number of carbonyl (C=O) groups excluding carboxylic acids is 1. The molecule has 0 spiro atoms. The third-order valence-corrected chi connectivity index (χ3v) is 5.65. The van der Waals surface area contributed by atoms with Crippen molar-refractivity contribution in [3.8, 4) is 5.75 Å². The van der Waals surface area contributed by atoms with E-state index in [1.807, 2.05) is 30.3 Å². The van der Waals surface area contributed by atoms with Crippen LogP contribution >= 0.6 is 11.6 Å². The Bertz CT molecular complexity index is 1020. The lowest BCUT2D eigenvalue weighted by Gasteiger charge is -2.34. The van der Waals surface area contributed by atoms with Gasteiger partial charge in [0, 0.05) is 31.0 Å². The number of hydrogen-bond donors (Lipinski definition) is 2. The Balaban J connectivity index is 1.31. The molecule has 1 saturated heterocycles. The van der Waals surface area contributed by atoms with Gasteiger partial charge >= 0.3 is 0 Å². The summed E-state index contributed by atoms with van der Waals surface area (Å²) >= 11 is 5.99. The van der Waals surface area contributed by atoms with Crippen LogP contribution in [-0.2, 0) is 6.61 Å². The fourth-order valence-electron chi connectivity index (χ4n) is 3.74. The quantitative estimate of drug-likeness (QED) is 0.533. The van der Waals surface area contributed by atoms with E-state index < -0.39 is 5.91 Å². The van der Waals surface area contributed by atoms with E-state index in [1.54, 1.807) is 6.07 Å².